The van der Waals surface area contributed by atoms with Crippen molar-refractivity contribution in [3.05, 3.63) is 53.6 Å². The first-order chi connectivity index (χ1) is 9.31. The number of nitrogens with zero attached hydrogens (tertiary/aromatic N) is 6. The number of hydrogen-bond donors (Lipinski definition) is 0. The third-order valence-corrected chi connectivity index (χ3v) is 2.66. The molecule has 0 fully saturated rings. The lowest BCUT2D eigenvalue weighted by molar-refractivity contribution is 0.563. The van der Waals surface area contributed by atoms with Gasteiger partial charge in [0.15, 0.2) is 0 Å². The van der Waals surface area contributed by atoms with Crippen LogP contribution in [0.25, 0.3) is 11.4 Å². The van der Waals surface area contributed by atoms with E-state index in [4.69, 9.17) is 11.6 Å². The average molecular weight is 273 g/mol. The van der Waals surface area contributed by atoms with Crippen LogP contribution >= 0.6 is 11.6 Å². The van der Waals surface area contributed by atoms with Gasteiger partial charge in [0.2, 0.25) is 5.82 Å². The molecule has 0 aliphatic carbocycles. The van der Waals surface area contributed by atoms with Crippen LogP contribution < -0.4 is 0 Å². The fourth-order valence-corrected chi connectivity index (χ4v) is 1.68. The van der Waals surface area contributed by atoms with E-state index in [1.165, 1.54) is 11.0 Å². The Labute approximate surface area is 114 Å². The highest BCUT2D eigenvalue weighted by molar-refractivity contribution is 6.29. The van der Waals surface area contributed by atoms with Gasteiger partial charge in [0.1, 0.15) is 11.7 Å². The molecule has 7 heteroatoms. The molecule has 0 unspecified atom stereocenters. The van der Waals surface area contributed by atoms with Gasteiger partial charge in [0.25, 0.3) is 0 Å². The lowest BCUT2D eigenvalue weighted by Gasteiger charge is -1.97. The van der Waals surface area contributed by atoms with E-state index in [1.807, 2.05) is 30.3 Å². The molecule has 0 amide bonds. The summed E-state index contributed by atoms with van der Waals surface area (Å²) >= 11 is 5.67. The Morgan fingerprint density at radius 2 is 1.89 bits per heavy atom. The normalized spacial score (nSPS) is 10.6. The first kappa shape index (κ1) is 11.7. The number of aromatic nitrogens is 6. The molecule has 0 N–H and O–H groups in total. The minimum Gasteiger partial charge on any atom is -0.254 e. The molecule has 3 rings (SSSR count). The maximum atomic E-state index is 5.67. The van der Waals surface area contributed by atoms with Gasteiger partial charge in [-0.15, -0.1) is 10.2 Å². The molecular formula is C12H9ClN6. The molecule has 6 nitrogen and oxygen atoms in total. The van der Waals surface area contributed by atoms with Crippen LogP contribution in [0, 0.1) is 0 Å². The van der Waals surface area contributed by atoms with Crippen molar-refractivity contribution >= 4 is 11.6 Å². The van der Waals surface area contributed by atoms with Gasteiger partial charge in [-0.25, -0.2) is 4.98 Å². The Bertz CT molecular complexity index is 664. The smallest absolute Gasteiger partial charge is 0.204 e. The van der Waals surface area contributed by atoms with E-state index in [9.17, 15) is 0 Å². The fourth-order valence-electron chi connectivity index (χ4n) is 1.58. The van der Waals surface area contributed by atoms with Crippen LogP contribution in [-0.4, -0.2) is 30.2 Å². The molecule has 0 aliphatic rings. The first-order valence-electron chi connectivity index (χ1n) is 5.61. The molecule has 0 radical (unpaired) electrons. The number of benzene rings is 1. The van der Waals surface area contributed by atoms with E-state index in [0.717, 1.165) is 11.3 Å². The monoisotopic (exact) mass is 272 g/mol. The average Bonchev–Trinajstić information content (AvgIpc) is 2.91. The van der Waals surface area contributed by atoms with E-state index < -0.39 is 0 Å². The van der Waals surface area contributed by atoms with Crippen molar-refractivity contribution < 1.29 is 0 Å². The summed E-state index contributed by atoms with van der Waals surface area (Å²) in [6.45, 7) is 0.407. The zero-order valence-corrected chi connectivity index (χ0v) is 10.6. The molecule has 0 saturated heterocycles. The largest absolute Gasteiger partial charge is 0.254 e. The molecule has 0 aliphatic heterocycles. The summed E-state index contributed by atoms with van der Waals surface area (Å²) < 4.78 is 0. The van der Waals surface area contributed by atoms with Crippen molar-refractivity contribution in [3.8, 4) is 11.4 Å². The lowest BCUT2D eigenvalue weighted by atomic mass is 10.2. The molecule has 0 saturated carbocycles. The molecule has 3 aromatic rings. The van der Waals surface area contributed by atoms with Gasteiger partial charge in [-0.3, -0.25) is 4.98 Å². The Morgan fingerprint density at radius 3 is 2.63 bits per heavy atom. The SMILES string of the molecule is Clc1cnc(Cn2nnc(-c3ccccc3)n2)cn1. The standard InChI is InChI=1S/C12H9ClN6/c13-11-7-14-10(6-15-11)8-19-17-12(16-18-19)9-4-2-1-3-5-9/h1-7H,8H2. The maximum absolute atomic E-state index is 5.67. The second-order valence-electron chi connectivity index (χ2n) is 3.84. The predicted molar refractivity (Wildman–Crippen MR) is 69.4 cm³/mol. The number of tetrazole rings is 1. The number of rotatable bonds is 3. The van der Waals surface area contributed by atoms with Crippen molar-refractivity contribution in [1.82, 2.24) is 30.2 Å². The first-order valence-corrected chi connectivity index (χ1v) is 5.99. The lowest BCUT2D eigenvalue weighted by Crippen LogP contribution is -2.06. The molecule has 94 valence electrons. The van der Waals surface area contributed by atoms with E-state index >= 15 is 0 Å². The van der Waals surface area contributed by atoms with Gasteiger partial charge in [-0.2, -0.15) is 4.80 Å². The van der Waals surface area contributed by atoms with Gasteiger partial charge in [-0.1, -0.05) is 41.9 Å². The third kappa shape index (κ3) is 2.74. The Hall–Kier alpha value is -2.34. The van der Waals surface area contributed by atoms with Gasteiger partial charge in [0.05, 0.1) is 18.1 Å². The zero-order chi connectivity index (χ0) is 13.1. The van der Waals surface area contributed by atoms with Gasteiger partial charge in [0, 0.05) is 5.56 Å². The van der Waals surface area contributed by atoms with E-state index in [0.29, 0.717) is 17.5 Å². The van der Waals surface area contributed by atoms with Crippen molar-refractivity contribution in [1.29, 1.82) is 0 Å². The molecule has 1 aromatic carbocycles. The van der Waals surface area contributed by atoms with E-state index in [1.54, 1.807) is 6.20 Å². The molecule has 19 heavy (non-hydrogen) atoms. The van der Waals surface area contributed by atoms with Gasteiger partial charge < -0.3 is 0 Å². The molecule has 0 bridgehead atoms. The zero-order valence-electron chi connectivity index (χ0n) is 9.81. The van der Waals surface area contributed by atoms with Crippen LogP contribution in [0.4, 0.5) is 0 Å². The van der Waals surface area contributed by atoms with Crippen LogP contribution in [0.1, 0.15) is 5.69 Å². The minimum absolute atomic E-state index is 0.361. The van der Waals surface area contributed by atoms with Crippen LogP contribution in [0.15, 0.2) is 42.7 Å². The van der Waals surface area contributed by atoms with Crippen molar-refractivity contribution in [2.45, 2.75) is 6.54 Å². The highest BCUT2D eigenvalue weighted by Crippen LogP contribution is 2.12. The van der Waals surface area contributed by atoms with Crippen molar-refractivity contribution in [3.63, 3.8) is 0 Å². The molecule has 2 heterocycles. The number of hydrogen-bond acceptors (Lipinski definition) is 5. The number of halogens is 1. The fraction of sp³-hybridized carbons (Fsp3) is 0.0833. The predicted octanol–water partition coefficient (Wildman–Crippen LogP) is 1.83. The summed E-state index contributed by atoms with van der Waals surface area (Å²) in [6, 6.07) is 9.67. The van der Waals surface area contributed by atoms with Gasteiger partial charge in [-0.05, 0) is 5.21 Å². The second-order valence-corrected chi connectivity index (χ2v) is 4.23. The summed E-state index contributed by atoms with van der Waals surface area (Å²) in [5.41, 5.74) is 1.65. The highest BCUT2D eigenvalue weighted by atomic mass is 35.5. The topological polar surface area (TPSA) is 69.4 Å². The molecule has 0 spiro atoms. The van der Waals surface area contributed by atoms with Crippen LogP contribution in [-0.2, 0) is 6.54 Å². The summed E-state index contributed by atoms with van der Waals surface area (Å²) in [6.07, 6.45) is 3.08. The van der Waals surface area contributed by atoms with Crippen molar-refractivity contribution in [2.75, 3.05) is 0 Å². The second kappa shape index (κ2) is 5.11. The Balaban J connectivity index is 1.80. The van der Waals surface area contributed by atoms with E-state index in [-0.39, 0.29) is 0 Å². The highest BCUT2D eigenvalue weighted by Gasteiger charge is 2.06. The summed E-state index contributed by atoms with van der Waals surface area (Å²) in [4.78, 5) is 9.56. The van der Waals surface area contributed by atoms with Crippen LogP contribution in [0.2, 0.25) is 5.15 Å². The maximum Gasteiger partial charge on any atom is 0.204 e. The summed E-state index contributed by atoms with van der Waals surface area (Å²) in [7, 11) is 0. The summed E-state index contributed by atoms with van der Waals surface area (Å²) in [5.74, 6) is 0.586. The Kier molecular flexibility index (Phi) is 3.16. The Morgan fingerprint density at radius 1 is 1.05 bits per heavy atom. The quantitative estimate of drug-likeness (QED) is 0.727. The molecule has 2 aromatic heterocycles. The van der Waals surface area contributed by atoms with Crippen LogP contribution in [0.5, 0.6) is 0 Å². The van der Waals surface area contributed by atoms with E-state index in [2.05, 4.69) is 25.4 Å². The molecular weight excluding hydrogens is 264 g/mol. The summed E-state index contributed by atoms with van der Waals surface area (Å²) in [5, 5.41) is 12.6. The minimum atomic E-state index is 0.361. The third-order valence-electron chi connectivity index (χ3n) is 2.46. The van der Waals surface area contributed by atoms with Crippen molar-refractivity contribution in [2.24, 2.45) is 0 Å². The van der Waals surface area contributed by atoms with Crippen LogP contribution in [0.3, 0.4) is 0 Å². The van der Waals surface area contributed by atoms with Gasteiger partial charge >= 0.3 is 0 Å². The molecule has 0 atom stereocenters.